The molecule has 0 saturated heterocycles. The molecule has 4 nitrogen and oxygen atoms in total. The zero-order chi connectivity index (χ0) is 14.6. The molecule has 1 aromatic rings. The molecule has 0 saturated carbocycles. The third kappa shape index (κ3) is 4.96. The molecular weight excluding hydrogens is 274 g/mol. The summed E-state index contributed by atoms with van der Waals surface area (Å²) >= 11 is 1.29. The maximum atomic E-state index is 12.9. The Morgan fingerprint density at radius 3 is 2.53 bits per heavy atom. The molecule has 0 fully saturated rings. The van der Waals surface area contributed by atoms with E-state index >= 15 is 0 Å². The molecule has 19 heavy (non-hydrogen) atoms. The first-order chi connectivity index (χ1) is 8.70. The number of thiophene rings is 1. The maximum Gasteiger partial charge on any atom is 0.424 e. The minimum atomic E-state index is -1.86. The Kier molecular flexibility index (Phi) is 5.02. The number of nitrogens with zero attached hydrogens (tertiary/aromatic N) is 1. The van der Waals surface area contributed by atoms with Gasteiger partial charge in [0.1, 0.15) is 5.60 Å². The number of rotatable bonds is 3. The Labute approximate surface area is 114 Å². The zero-order valence-electron chi connectivity index (χ0n) is 10.9. The molecule has 0 atom stereocenters. The minimum absolute atomic E-state index is 0.283. The van der Waals surface area contributed by atoms with E-state index in [4.69, 9.17) is 10.6 Å². The molecule has 0 aliphatic rings. The standard InChI is InChI=1S/C12H16F2N2O2S/c1-12(2,3)18-11(17)16(15)6-9(10(13)14)8-4-5-19-7-8/h4-5,7H,6,15H2,1-3H3. The number of ether oxygens (including phenoxy) is 1. The maximum absolute atomic E-state index is 12.9. The number of hydrogen-bond acceptors (Lipinski definition) is 4. The average molecular weight is 290 g/mol. The van der Waals surface area contributed by atoms with E-state index < -0.39 is 24.3 Å². The van der Waals surface area contributed by atoms with Crippen molar-refractivity contribution >= 4 is 23.0 Å². The third-order valence-electron chi connectivity index (χ3n) is 2.05. The van der Waals surface area contributed by atoms with Crippen LogP contribution in [0, 0.1) is 0 Å². The number of carbonyl (C=O) groups is 1. The van der Waals surface area contributed by atoms with Gasteiger partial charge in [-0.15, -0.1) is 0 Å². The van der Waals surface area contributed by atoms with Crippen LogP contribution in [0.4, 0.5) is 13.6 Å². The summed E-state index contributed by atoms with van der Waals surface area (Å²) in [6, 6.07) is 1.54. The van der Waals surface area contributed by atoms with E-state index in [0.29, 0.717) is 10.6 Å². The van der Waals surface area contributed by atoms with Crippen molar-refractivity contribution in [3.05, 3.63) is 28.5 Å². The second-order valence-corrected chi connectivity index (χ2v) is 5.64. The molecule has 0 bridgehead atoms. The van der Waals surface area contributed by atoms with Crippen LogP contribution >= 0.6 is 11.3 Å². The second-order valence-electron chi connectivity index (χ2n) is 4.86. The predicted octanol–water partition coefficient (Wildman–Crippen LogP) is 3.47. The van der Waals surface area contributed by atoms with Gasteiger partial charge in [0.2, 0.25) is 0 Å². The van der Waals surface area contributed by atoms with E-state index in [0.717, 1.165) is 0 Å². The minimum Gasteiger partial charge on any atom is -0.443 e. The van der Waals surface area contributed by atoms with E-state index in [1.807, 2.05) is 0 Å². The summed E-state index contributed by atoms with van der Waals surface area (Å²) in [6.07, 6.45) is -2.71. The van der Waals surface area contributed by atoms with E-state index in [9.17, 15) is 13.6 Å². The summed E-state index contributed by atoms with van der Waals surface area (Å²) in [5, 5.41) is 3.88. The van der Waals surface area contributed by atoms with E-state index in [1.165, 1.54) is 11.3 Å². The molecule has 0 unspecified atom stereocenters. The van der Waals surface area contributed by atoms with Crippen molar-refractivity contribution < 1.29 is 18.3 Å². The number of hydrazine groups is 1. The van der Waals surface area contributed by atoms with Gasteiger partial charge >= 0.3 is 6.09 Å². The number of hydrogen-bond donors (Lipinski definition) is 1. The van der Waals surface area contributed by atoms with Gasteiger partial charge in [0.25, 0.3) is 6.08 Å². The lowest BCUT2D eigenvalue weighted by atomic mass is 10.1. The summed E-state index contributed by atoms with van der Waals surface area (Å²) in [5.74, 6) is 5.46. The normalized spacial score (nSPS) is 11.1. The largest absolute Gasteiger partial charge is 0.443 e. The fourth-order valence-corrected chi connectivity index (χ4v) is 1.92. The fraction of sp³-hybridized carbons (Fsp3) is 0.417. The van der Waals surface area contributed by atoms with Crippen LogP contribution in [-0.2, 0) is 4.74 Å². The lowest BCUT2D eigenvalue weighted by molar-refractivity contribution is 0.0273. The number of nitrogens with two attached hydrogens (primary N) is 1. The smallest absolute Gasteiger partial charge is 0.424 e. The molecule has 1 amide bonds. The Hall–Kier alpha value is -1.47. The van der Waals surface area contributed by atoms with Gasteiger partial charge in [-0.1, -0.05) is 0 Å². The molecular formula is C12H16F2N2O2S. The molecule has 0 aromatic carbocycles. The van der Waals surface area contributed by atoms with Crippen molar-refractivity contribution in [3.8, 4) is 0 Å². The third-order valence-corrected chi connectivity index (χ3v) is 2.74. The van der Waals surface area contributed by atoms with Crippen LogP contribution in [-0.4, -0.2) is 23.2 Å². The van der Waals surface area contributed by atoms with Gasteiger partial charge < -0.3 is 4.74 Å². The van der Waals surface area contributed by atoms with Gasteiger partial charge in [-0.3, -0.25) is 0 Å². The molecule has 1 aromatic heterocycles. The highest BCUT2D eigenvalue weighted by molar-refractivity contribution is 7.08. The van der Waals surface area contributed by atoms with Crippen LogP contribution in [0.15, 0.2) is 22.9 Å². The van der Waals surface area contributed by atoms with Crippen LogP contribution < -0.4 is 5.84 Å². The molecule has 0 aliphatic carbocycles. The zero-order valence-corrected chi connectivity index (χ0v) is 11.8. The first-order valence-electron chi connectivity index (χ1n) is 5.52. The Morgan fingerprint density at radius 1 is 1.47 bits per heavy atom. The molecule has 7 heteroatoms. The highest BCUT2D eigenvalue weighted by Gasteiger charge is 2.22. The van der Waals surface area contributed by atoms with Gasteiger partial charge in [-0.2, -0.15) is 20.1 Å². The molecule has 0 spiro atoms. The quantitative estimate of drug-likeness (QED) is 0.527. The number of amides is 1. The van der Waals surface area contributed by atoms with E-state index in [-0.39, 0.29) is 5.57 Å². The van der Waals surface area contributed by atoms with Gasteiger partial charge in [-0.25, -0.2) is 15.6 Å². The fourth-order valence-electron chi connectivity index (χ4n) is 1.25. The van der Waals surface area contributed by atoms with Crippen LogP contribution in [0.5, 0.6) is 0 Å². The summed E-state index contributed by atoms with van der Waals surface area (Å²) in [6.45, 7) is 4.60. The van der Waals surface area contributed by atoms with Crippen LogP contribution in [0.1, 0.15) is 26.3 Å². The van der Waals surface area contributed by atoms with Crippen LogP contribution in [0.3, 0.4) is 0 Å². The topological polar surface area (TPSA) is 55.6 Å². The van der Waals surface area contributed by atoms with Crippen molar-refractivity contribution in [3.63, 3.8) is 0 Å². The van der Waals surface area contributed by atoms with Crippen molar-refractivity contribution in [2.75, 3.05) is 6.54 Å². The average Bonchev–Trinajstić information content (AvgIpc) is 2.75. The summed E-state index contributed by atoms with van der Waals surface area (Å²) < 4.78 is 30.7. The van der Waals surface area contributed by atoms with Crippen molar-refractivity contribution in [2.24, 2.45) is 5.84 Å². The van der Waals surface area contributed by atoms with Gasteiger partial charge in [-0.05, 0) is 43.2 Å². The van der Waals surface area contributed by atoms with Crippen LogP contribution in [0.25, 0.3) is 5.57 Å². The predicted molar refractivity (Wildman–Crippen MR) is 70.6 cm³/mol. The SMILES string of the molecule is CC(C)(C)OC(=O)N(N)CC(=C(F)F)c1ccsc1. The van der Waals surface area contributed by atoms with Gasteiger partial charge in [0.05, 0.1) is 6.54 Å². The van der Waals surface area contributed by atoms with Crippen molar-refractivity contribution in [1.29, 1.82) is 0 Å². The van der Waals surface area contributed by atoms with E-state index in [2.05, 4.69) is 0 Å². The Balaban J connectivity index is 2.77. The van der Waals surface area contributed by atoms with Crippen molar-refractivity contribution in [2.45, 2.75) is 26.4 Å². The summed E-state index contributed by atoms with van der Waals surface area (Å²) in [7, 11) is 0. The number of halogens is 2. The van der Waals surface area contributed by atoms with E-state index in [1.54, 1.807) is 37.6 Å². The van der Waals surface area contributed by atoms with Crippen molar-refractivity contribution in [1.82, 2.24) is 5.01 Å². The molecule has 0 aliphatic heterocycles. The molecule has 1 heterocycles. The number of carbonyl (C=O) groups excluding carboxylic acids is 1. The highest BCUT2D eigenvalue weighted by Crippen LogP contribution is 2.24. The summed E-state index contributed by atoms with van der Waals surface area (Å²) in [5.41, 5.74) is -0.659. The molecule has 0 radical (unpaired) electrons. The lowest BCUT2D eigenvalue weighted by Gasteiger charge is -2.24. The Bertz CT molecular complexity index is 463. The first-order valence-corrected chi connectivity index (χ1v) is 6.47. The highest BCUT2D eigenvalue weighted by atomic mass is 32.1. The molecule has 1 rings (SSSR count). The molecule has 2 N–H and O–H groups in total. The van der Waals surface area contributed by atoms with Crippen LogP contribution in [0.2, 0.25) is 0 Å². The second kappa shape index (κ2) is 6.12. The van der Waals surface area contributed by atoms with Gasteiger partial charge in [0, 0.05) is 5.57 Å². The van der Waals surface area contributed by atoms with Gasteiger partial charge in [0.15, 0.2) is 0 Å². The molecule has 106 valence electrons. The monoisotopic (exact) mass is 290 g/mol. The summed E-state index contributed by atoms with van der Waals surface area (Å²) in [4.78, 5) is 11.6. The first kappa shape index (κ1) is 15.6. The Morgan fingerprint density at radius 2 is 2.11 bits per heavy atom. The lowest BCUT2D eigenvalue weighted by Crippen LogP contribution is -2.42.